The Labute approximate surface area is 208 Å². The van der Waals surface area contributed by atoms with Gasteiger partial charge in [0.1, 0.15) is 6.04 Å². The molecule has 0 unspecified atom stereocenters. The van der Waals surface area contributed by atoms with Crippen molar-refractivity contribution in [2.75, 3.05) is 24.2 Å². The van der Waals surface area contributed by atoms with Crippen LogP contribution >= 0.6 is 11.6 Å². The van der Waals surface area contributed by atoms with E-state index in [-0.39, 0.29) is 31.3 Å². The number of hydrogen-bond acceptors (Lipinski definition) is 4. The molecule has 2 rings (SSSR count). The molecule has 1 N–H and O–H groups in total. The van der Waals surface area contributed by atoms with Gasteiger partial charge in [0.2, 0.25) is 21.8 Å². The van der Waals surface area contributed by atoms with Crippen LogP contribution in [0.3, 0.4) is 0 Å². The second kappa shape index (κ2) is 12.8. The molecule has 0 fully saturated rings. The first-order valence-electron chi connectivity index (χ1n) is 11.4. The Morgan fingerprint density at radius 3 is 2.09 bits per heavy atom. The highest BCUT2D eigenvalue weighted by atomic mass is 35.5. The van der Waals surface area contributed by atoms with Crippen LogP contribution < -0.4 is 9.62 Å². The first kappa shape index (κ1) is 27.7. The van der Waals surface area contributed by atoms with Crippen molar-refractivity contribution in [3.05, 3.63) is 64.7 Å². The highest BCUT2D eigenvalue weighted by Gasteiger charge is 2.28. The Morgan fingerprint density at radius 1 is 1.00 bits per heavy atom. The van der Waals surface area contributed by atoms with Crippen LogP contribution in [-0.4, -0.2) is 51.0 Å². The van der Waals surface area contributed by atoms with Gasteiger partial charge in [0.15, 0.2) is 0 Å². The molecule has 1 atom stereocenters. The molecule has 0 aromatic heterocycles. The molecule has 0 bridgehead atoms. The van der Waals surface area contributed by atoms with Gasteiger partial charge in [0.25, 0.3) is 0 Å². The zero-order chi connectivity index (χ0) is 25.3. The molecule has 0 aliphatic heterocycles. The van der Waals surface area contributed by atoms with E-state index < -0.39 is 16.1 Å². The van der Waals surface area contributed by atoms with Crippen molar-refractivity contribution in [1.82, 2.24) is 10.2 Å². The van der Waals surface area contributed by atoms with E-state index in [0.717, 1.165) is 23.8 Å². The van der Waals surface area contributed by atoms with Crippen molar-refractivity contribution < 1.29 is 18.0 Å². The molecule has 7 nitrogen and oxygen atoms in total. The van der Waals surface area contributed by atoms with Gasteiger partial charge in [-0.05, 0) is 54.7 Å². The molecule has 9 heteroatoms. The first-order chi connectivity index (χ1) is 16.1. The number of amides is 2. The van der Waals surface area contributed by atoms with Crippen molar-refractivity contribution in [1.29, 1.82) is 0 Å². The van der Waals surface area contributed by atoms with Gasteiger partial charge in [-0.3, -0.25) is 13.9 Å². The lowest BCUT2D eigenvalue weighted by molar-refractivity contribution is -0.141. The monoisotopic (exact) mass is 507 g/mol. The van der Waals surface area contributed by atoms with Crippen molar-refractivity contribution in [2.24, 2.45) is 0 Å². The van der Waals surface area contributed by atoms with Crippen molar-refractivity contribution in [3.63, 3.8) is 0 Å². The van der Waals surface area contributed by atoms with Crippen LogP contribution in [0.1, 0.15) is 44.2 Å². The van der Waals surface area contributed by atoms with Crippen LogP contribution in [0.15, 0.2) is 48.5 Å². The Bertz CT molecular complexity index is 1060. The number of carbonyl (C=O) groups is 2. The molecule has 34 heavy (non-hydrogen) atoms. The number of sulfonamides is 1. The Hall–Kier alpha value is -2.58. The van der Waals surface area contributed by atoms with E-state index in [2.05, 4.69) is 5.32 Å². The van der Waals surface area contributed by atoms with Gasteiger partial charge < -0.3 is 10.2 Å². The predicted molar refractivity (Wildman–Crippen MR) is 137 cm³/mol. The molecule has 0 saturated carbocycles. The number of hydrogen-bond donors (Lipinski definition) is 1. The average molecular weight is 508 g/mol. The zero-order valence-corrected chi connectivity index (χ0v) is 21.8. The van der Waals surface area contributed by atoms with E-state index in [0.29, 0.717) is 23.6 Å². The molecule has 0 spiro atoms. The summed E-state index contributed by atoms with van der Waals surface area (Å²) < 4.78 is 26.1. The summed E-state index contributed by atoms with van der Waals surface area (Å²) in [5, 5.41) is 3.22. The van der Waals surface area contributed by atoms with E-state index in [4.69, 9.17) is 11.6 Å². The summed E-state index contributed by atoms with van der Waals surface area (Å²) in [6, 6.07) is 13.9. The number of carbonyl (C=O) groups excluding carboxylic acids is 2. The molecule has 186 valence electrons. The summed E-state index contributed by atoms with van der Waals surface area (Å²) in [6.45, 7) is 4.32. The van der Waals surface area contributed by atoms with Gasteiger partial charge >= 0.3 is 0 Å². The maximum absolute atomic E-state index is 13.2. The van der Waals surface area contributed by atoms with Crippen LogP contribution in [-0.2, 0) is 32.6 Å². The molecule has 0 aliphatic rings. The van der Waals surface area contributed by atoms with Crippen LogP contribution in [0.2, 0.25) is 5.02 Å². The minimum absolute atomic E-state index is 0.111. The maximum Gasteiger partial charge on any atom is 0.242 e. The predicted octanol–water partition coefficient (Wildman–Crippen LogP) is 4.00. The number of nitrogens with zero attached hydrogens (tertiary/aromatic N) is 2. The number of rotatable bonds is 12. The highest BCUT2D eigenvalue weighted by Crippen LogP contribution is 2.21. The number of halogens is 1. The van der Waals surface area contributed by atoms with Crippen LogP contribution in [0.4, 0.5) is 5.69 Å². The van der Waals surface area contributed by atoms with E-state index in [1.165, 1.54) is 4.31 Å². The summed E-state index contributed by atoms with van der Waals surface area (Å²) in [4.78, 5) is 27.3. The Balaban J connectivity index is 2.17. The van der Waals surface area contributed by atoms with E-state index in [1.807, 2.05) is 38.1 Å². The van der Waals surface area contributed by atoms with Crippen molar-refractivity contribution >= 4 is 39.1 Å². The minimum Gasteiger partial charge on any atom is -0.357 e. The second-order valence-corrected chi connectivity index (χ2v) is 10.5. The summed E-state index contributed by atoms with van der Waals surface area (Å²) in [5.41, 5.74) is 2.54. The number of anilines is 1. The maximum atomic E-state index is 13.2. The van der Waals surface area contributed by atoms with E-state index in [9.17, 15) is 18.0 Å². The number of benzene rings is 2. The topological polar surface area (TPSA) is 86.8 Å². The van der Waals surface area contributed by atoms with Gasteiger partial charge in [-0.25, -0.2) is 8.42 Å². The summed E-state index contributed by atoms with van der Waals surface area (Å²) in [7, 11) is -1.97. The van der Waals surface area contributed by atoms with E-state index in [1.54, 1.807) is 36.2 Å². The third-order valence-electron chi connectivity index (χ3n) is 5.68. The molecule has 2 amide bonds. The van der Waals surface area contributed by atoms with Gasteiger partial charge in [-0.2, -0.15) is 0 Å². The largest absolute Gasteiger partial charge is 0.357 e. The molecule has 0 radical (unpaired) electrons. The summed E-state index contributed by atoms with van der Waals surface area (Å²) >= 11 is 5.98. The normalized spacial score (nSPS) is 12.1. The Kier molecular flexibility index (Phi) is 10.4. The third-order valence-corrected chi connectivity index (χ3v) is 7.13. The second-order valence-electron chi connectivity index (χ2n) is 8.15. The van der Waals surface area contributed by atoms with Gasteiger partial charge in [0, 0.05) is 31.6 Å². The molecular formula is C25H34ClN3O4S. The zero-order valence-electron chi connectivity index (χ0n) is 20.3. The molecule has 0 saturated heterocycles. The third kappa shape index (κ3) is 7.74. The fourth-order valence-corrected chi connectivity index (χ4v) is 4.87. The summed E-state index contributed by atoms with van der Waals surface area (Å²) in [6.07, 6.45) is 2.91. The molecule has 0 heterocycles. The SMILES string of the molecule is CCc1ccc(N(CCCC(=O)N(Cc2ccc(Cl)cc2)[C@@H](CC)C(=O)NC)S(C)(=O)=O)cc1. The van der Waals surface area contributed by atoms with Crippen molar-refractivity contribution in [2.45, 2.75) is 52.1 Å². The van der Waals surface area contributed by atoms with Crippen molar-refractivity contribution in [3.8, 4) is 0 Å². The first-order valence-corrected chi connectivity index (χ1v) is 13.7. The highest BCUT2D eigenvalue weighted by molar-refractivity contribution is 7.92. The molecular weight excluding hydrogens is 474 g/mol. The number of nitrogens with one attached hydrogen (secondary N) is 1. The fourth-order valence-electron chi connectivity index (χ4n) is 3.77. The van der Waals surface area contributed by atoms with Crippen LogP contribution in [0.5, 0.6) is 0 Å². The lowest BCUT2D eigenvalue weighted by Gasteiger charge is -2.30. The average Bonchev–Trinajstić information content (AvgIpc) is 2.82. The minimum atomic E-state index is -3.51. The van der Waals surface area contributed by atoms with E-state index >= 15 is 0 Å². The molecule has 0 aliphatic carbocycles. The van der Waals surface area contributed by atoms with Gasteiger partial charge in [-0.15, -0.1) is 0 Å². The quantitative estimate of drug-likeness (QED) is 0.470. The standard InChI is InChI=1S/C25H34ClN3O4S/c1-5-19-11-15-22(16-12-19)29(34(4,32)33)17-7-8-24(30)28(23(6-2)25(31)27-3)18-20-9-13-21(26)14-10-20/h9-16,23H,5-8,17-18H2,1-4H3,(H,27,31)/t23-/m0/s1. The number of aryl methyl sites for hydroxylation is 1. The Morgan fingerprint density at radius 2 is 1.59 bits per heavy atom. The lowest BCUT2D eigenvalue weighted by Crippen LogP contribution is -2.48. The smallest absolute Gasteiger partial charge is 0.242 e. The summed E-state index contributed by atoms with van der Waals surface area (Å²) in [5.74, 6) is -0.446. The fraction of sp³-hybridized carbons (Fsp3) is 0.440. The van der Waals surface area contributed by atoms with Crippen LogP contribution in [0, 0.1) is 0 Å². The lowest BCUT2D eigenvalue weighted by atomic mass is 10.1. The van der Waals surface area contributed by atoms with Gasteiger partial charge in [-0.1, -0.05) is 49.7 Å². The molecule has 2 aromatic carbocycles. The van der Waals surface area contributed by atoms with Crippen LogP contribution in [0.25, 0.3) is 0 Å². The molecule has 2 aromatic rings. The van der Waals surface area contributed by atoms with Gasteiger partial charge in [0.05, 0.1) is 11.9 Å². The number of likely N-dealkylation sites (N-methyl/N-ethyl adjacent to an activating group) is 1.